The molecular weight excluding hydrogens is 136 g/mol. The van der Waals surface area contributed by atoms with Crippen molar-refractivity contribution in [3.63, 3.8) is 0 Å². The summed E-state index contributed by atoms with van der Waals surface area (Å²) >= 11 is 0. The molecule has 1 aliphatic carbocycles. The topological polar surface area (TPSA) is 20.2 Å². The fourth-order valence-electron chi connectivity index (χ4n) is 1.50. The summed E-state index contributed by atoms with van der Waals surface area (Å²) in [7, 11) is 0. The molecule has 0 spiro atoms. The van der Waals surface area contributed by atoms with Crippen LogP contribution in [-0.2, 0) is 6.42 Å². The molecule has 0 heterocycles. The predicted molar refractivity (Wildman–Crippen MR) is 45.2 cm³/mol. The Balaban J connectivity index is 2.48. The molecule has 0 atom stereocenters. The Hall–Kier alpha value is -1.08. The Morgan fingerprint density at radius 1 is 1.27 bits per heavy atom. The lowest BCUT2D eigenvalue weighted by atomic mass is 10.1. The quantitative estimate of drug-likeness (QED) is 0.638. The summed E-state index contributed by atoms with van der Waals surface area (Å²) in [5.41, 5.74) is 3.62. The van der Waals surface area contributed by atoms with Gasteiger partial charge in [-0.1, -0.05) is 30.3 Å². The minimum Gasteiger partial charge on any atom is -0.392 e. The monoisotopic (exact) mass is 146 g/mol. The van der Waals surface area contributed by atoms with E-state index in [4.69, 9.17) is 5.11 Å². The van der Waals surface area contributed by atoms with Crippen LogP contribution < -0.4 is 0 Å². The van der Waals surface area contributed by atoms with Gasteiger partial charge in [0, 0.05) is 0 Å². The number of aliphatic hydroxyl groups is 1. The van der Waals surface area contributed by atoms with E-state index in [0.717, 1.165) is 12.0 Å². The Bertz CT molecular complexity index is 299. The molecule has 56 valence electrons. The standard InChI is InChI=1S/C10H10O/c11-7-9-6-5-8-3-1-2-4-10(8)9/h1-4,6,11H,5,7H2. The zero-order valence-corrected chi connectivity index (χ0v) is 6.25. The maximum Gasteiger partial charge on any atom is 0.0684 e. The Kier molecular flexibility index (Phi) is 1.51. The summed E-state index contributed by atoms with van der Waals surface area (Å²) in [6.07, 6.45) is 3.07. The highest BCUT2D eigenvalue weighted by atomic mass is 16.3. The summed E-state index contributed by atoms with van der Waals surface area (Å²) in [5.74, 6) is 0. The second kappa shape index (κ2) is 2.51. The highest BCUT2D eigenvalue weighted by molar-refractivity contribution is 5.73. The highest BCUT2D eigenvalue weighted by Crippen LogP contribution is 2.25. The van der Waals surface area contributed by atoms with E-state index in [1.165, 1.54) is 11.1 Å². The van der Waals surface area contributed by atoms with Crippen LogP contribution >= 0.6 is 0 Å². The predicted octanol–water partition coefficient (Wildman–Crippen LogP) is 1.62. The van der Waals surface area contributed by atoms with Crippen molar-refractivity contribution in [3.05, 3.63) is 41.5 Å². The van der Waals surface area contributed by atoms with Crippen molar-refractivity contribution < 1.29 is 5.11 Å². The van der Waals surface area contributed by atoms with Gasteiger partial charge in [0.1, 0.15) is 0 Å². The first-order chi connectivity index (χ1) is 5.42. The van der Waals surface area contributed by atoms with Crippen molar-refractivity contribution in [1.29, 1.82) is 0 Å². The Morgan fingerprint density at radius 2 is 2.09 bits per heavy atom. The van der Waals surface area contributed by atoms with E-state index in [9.17, 15) is 0 Å². The minimum atomic E-state index is 0.164. The number of hydrogen-bond donors (Lipinski definition) is 1. The van der Waals surface area contributed by atoms with E-state index >= 15 is 0 Å². The SMILES string of the molecule is OCC1=CCc2ccccc21. The summed E-state index contributed by atoms with van der Waals surface area (Å²) in [6, 6.07) is 8.21. The smallest absolute Gasteiger partial charge is 0.0684 e. The molecule has 1 aromatic carbocycles. The van der Waals surface area contributed by atoms with Gasteiger partial charge >= 0.3 is 0 Å². The fraction of sp³-hybridized carbons (Fsp3) is 0.200. The number of benzene rings is 1. The molecule has 0 amide bonds. The lowest BCUT2D eigenvalue weighted by Gasteiger charge is -2.00. The van der Waals surface area contributed by atoms with Crippen molar-refractivity contribution in [1.82, 2.24) is 0 Å². The van der Waals surface area contributed by atoms with Gasteiger partial charge in [-0.2, -0.15) is 0 Å². The highest BCUT2D eigenvalue weighted by Gasteiger charge is 2.10. The lowest BCUT2D eigenvalue weighted by Crippen LogP contribution is -1.87. The van der Waals surface area contributed by atoms with Crippen LogP contribution in [0.25, 0.3) is 5.57 Å². The second-order valence-corrected chi connectivity index (χ2v) is 2.75. The van der Waals surface area contributed by atoms with Crippen LogP contribution in [0.4, 0.5) is 0 Å². The minimum absolute atomic E-state index is 0.164. The number of hydrogen-bond acceptors (Lipinski definition) is 1. The van der Waals surface area contributed by atoms with E-state index in [1.54, 1.807) is 0 Å². The van der Waals surface area contributed by atoms with Crippen molar-refractivity contribution >= 4 is 5.57 Å². The van der Waals surface area contributed by atoms with E-state index in [2.05, 4.69) is 18.2 Å². The van der Waals surface area contributed by atoms with Gasteiger partial charge in [0.2, 0.25) is 0 Å². The average Bonchev–Trinajstić information content (AvgIpc) is 2.47. The molecule has 0 aromatic heterocycles. The van der Waals surface area contributed by atoms with Gasteiger partial charge in [-0.3, -0.25) is 0 Å². The van der Waals surface area contributed by atoms with Crippen molar-refractivity contribution in [2.75, 3.05) is 6.61 Å². The molecule has 0 radical (unpaired) electrons. The molecule has 0 saturated heterocycles. The van der Waals surface area contributed by atoms with Gasteiger partial charge in [0.25, 0.3) is 0 Å². The van der Waals surface area contributed by atoms with Crippen molar-refractivity contribution in [3.8, 4) is 0 Å². The average molecular weight is 146 g/mol. The molecule has 1 nitrogen and oxygen atoms in total. The first kappa shape index (κ1) is 6.62. The molecule has 0 fully saturated rings. The van der Waals surface area contributed by atoms with Crippen LogP contribution in [0.2, 0.25) is 0 Å². The van der Waals surface area contributed by atoms with E-state index in [-0.39, 0.29) is 6.61 Å². The van der Waals surface area contributed by atoms with Gasteiger partial charge in [0.05, 0.1) is 6.61 Å². The Morgan fingerprint density at radius 3 is 2.91 bits per heavy atom. The van der Waals surface area contributed by atoms with Crippen LogP contribution in [0, 0.1) is 0 Å². The first-order valence-electron chi connectivity index (χ1n) is 3.80. The van der Waals surface area contributed by atoms with E-state index in [0.29, 0.717) is 0 Å². The molecule has 0 bridgehead atoms. The third-order valence-electron chi connectivity index (χ3n) is 2.10. The molecule has 2 rings (SSSR count). The molecule has 1 N–H and O–H groups in total. The maximum absolute atomic E-state index is 8.94. The van der Waals surface area contributed by atoms with Crippen LogP contribution in [0.5, 0.6) is 0 Å². The molecule has 1 aliphatic rings. The number of rotatable bonds is 1. The lowest BCUT2D eigenvalue weighted by molar-refractivity contribution is 0.350. The zero-order valence-electron chi connectivity index (χ0n) is 6.25. The van der Waals surface area contributed by atoms with Crippen LogP contribution in [0.3, 0.4) is 0 Å². The summed E-state index contributed by atoms with van der Waals surface area (Å²) < 4.78 is 0. The number of allylic oxidation sites excluding steroid dienone is 1. The summed E-state index contributed by atoms with van der Waals surface area (Å²) in [6.45, 7) is 0.164. The third-order valence-corrected chi connectivity index (χ3v) is 2.10. The van der Waals surface area contributed by atoms with Gasteiger partial charge < -0.3 is 5.11 Å². The normalized spacial score (nSPS) is 14.5. The number of aliphatic hydroxyl groups excluding tert-OH is 1. The number of fused-ring (bicyclic) bond motifs is 1. The maximum atomic E-state index is 8.94. The van der Waals surface area contributed by atoms with Crippen LogP contribution in [-0.4, -0.2) is 11.7 Å². The molecule has 0 unspecified atom stereocenters. The third kappa shape index (κ3) is 0.976. The van der Waals surface area contributed by atoms with Crippen LogP contribution in [0.1, 0.15) is 11.1 Å². The molecule has 1 aromatic rings. The van der Waals surface area contributed by atoms with Gasteiger partial charge in [-0.25, -0.2) is 0 Å². The second-order valence-electron chi connectivity index (χ2n) is 2.75. The molecule has 1 heteroatoms. The summed E-state index contributed by atoms with van der Waals surface area (Å²) in [5, 5.41) is 8.94. The first-order valence-corrected chi connectivity index (χ1v) is 3.80. The van der Waals surface area contributed by atoms with Crippen LogP contribution in [0.15, 0.2) is 30.3 Å². The van der Waals surface area contributed by atoms with Crippen molar-refractivity contribution in [2.24, 2.45) is 0 Å². The van der Waals surface area contributed by atoms with Gasteiger partial charge in [-0.05, 0) is 23.1 Å². The van der Waals surface area contributed by atoms with Gasteiger partial charge in [-0.15, -0.1) is 0 Å². The van der Waals surface area contributed by atoms with Gasteiger partial charge in [0.15, 0.2) is 0 Å². The summed E-state index contributed by atoms with van der Waals surface area (Å²) in [4.78, 5) is 0. The van der Waals surface area contributed by atoms with Crippen molar-refractivity contribution in [2.45, 2.75) is 6.42 Å². The fourth-order valence-corrected chi connectivity index (χ4v) is 1.50. The van der Waals surface area contributed by atoms with E-state index < -0.39 is 0 Å². The molecule has 0 aliphatic heterocycles. The van der Waals surface area contributed by atoms with E-state index in [1.807, 2.05) is 12.1 Å². The molecular formula is C10H10O. The largest absolute Gasteiger partial charge is 0.392 e. The zero-order chi connectivity index (χ0) is 7.68. The molecule has 11 heavy (non-hydrogen) atoms. The Labute approximate surface area is 66.0 Å². The molecule has 0 saturated carbocycles.